The van der Waals surface area contributed by atoms with Gasteiger partial charge in [-0.05, 0) is 73.7 Å². The van der Waals surface area contributed by atoms with Crippen molar-refractivity contribution in [1.29, 1.82) is 0 Å². The largest absolute Gasteiger partial charge is 0.497 e. The summed E-state index contributed by atoms with van der Waals surface area (Å²) in [5, 5.41) is 4.73. The molecule has 1 aliphatic heterocycles. The molecule has 0 N–H and O–H groups in total. The Labute approximate surface area is 187 Å². The van der Waals surface area contributed by atoms with Crippen LogP contribution < -0.4 is 4.74 Å². The summed E-state index contributed by atoms with van der Waals surface area (Å²) in [6.07, 6.45) is 11.8. The molecule has 0 aliphatic carbocycles. The third-order valence-corrected chi connectivity index (χ3v) is 5.86. The Hall–Kier alpha value is -3.74. The highest BCUT2D eigenvalue weighted by Gasteiger charge is 2.25. The van der Waals surface area contributed by atoms with E-state index in [2.05, 4.69) is 35.1 Å². The molecule has 0 radical (unpaired) electrons. The molecule has 4 heterocycles. The molecule has 4 aromatic rings. The molecule has 0 bridgehead atoms. The predicted molar refractivity (Wildman–Crippen MR) is 124 cm³/mol. The van der Waals surface area contributed by atoms with Gasteiger partial charge in [0, 0.05) is 24.9 Å². The second-order valence-electron chi connectivity index (χ2n) is 8.18. The molecule has 1 aliphatic rings. The molecule has 7 nitrogen and oxygen atoms in total. The number of imidazole rings is 1. The van der Waals surface area contributed by atoms with Gasteiger partial charge in [0.05, 0.1) is 12.8 Å². The zero-order valence-corrected chi connectivity index (χ0v) is 18.6. The van der Waals surface area contributed by atoms with Gasteiger partial charge in [-0.2, -0.15) is 5.10 Å². The fourth-order valence-corrected chi connectivity index (χ4v) is 4.25. The van der Waals surface area contributed by atoms with Crippen molar-refractivity contribution in [3.05, 3.63) is 83.1 Å². The summed E-state index contributed by atoms with van der Waals surface area (Å²) in [5.74, 6) is 3.77. The number of fused-ring (bicyclic) bond motifs is 1. The SMILES string of the molecule is COc1ccc([C@@H]2CCCn3nc(/C=C/c4cnc(-n5cnc(C)c5)c(C)c4)nc32)cc1. The molecule has 32 heavy (non-hydrogen) atoms. The third kappa shape index (κ3) is 3.93. The van der Waals surface area contributed by atoms with Crippen LogP contribution in [0.2, 0.25) is 0 Å². The fraction of sp³-hybridized carbons (Fsp3) is 0.280. The number of ether oxygens (including phenoxy) is 1. The van der Waals surface area contributed by atoms with Gasteiger partial charge in [-0.25, -0.2) is 19.6 Å². The van der Waals surface area contributed by atoms with E-state index in [9.17, 15) is 0 Å². The van der Waals surface area contributed by atoms with Crippen molar-refractivity contribution in [3.8, 4) is 11.6 Å². The molecule has 3 aromatic heterocycles. The molecule has 0 saturated heterocycles. The molecule has 1 atom stereocenters. The summed E-state index contributed by atoms with van der Waals surface area (Å²) in [7, 11) is 1.69. The van der Waals surface area contributed by atoms with Crippen molar-refractivity contribution in [2.75, 3.05) is 7.11 Å². The fourth-order valence-electron chi connectivity index (χ4n) is 4.25. The lowest BCUT2D eigenvalue weighted by Crippen LogP contribution is -2.17. The van der Waals surface area contributed by atoms with Gasteiger partial charge in [0.1, 0.15) is 23.7 Å². The minimum atomic E-state index is 0.256. The number of nitrogens with zero attached hydrogens (tertiary/aromatic N) is 6. The normalized spacial score (nSPS) is 15.8. The number of aryl methyl sites for hydroxylation is 3. The number of pyridine rings is 1. The predicted octanol–water partition coefficient (Wildman–Crippen LogP) is 4.58. The van der Waals surface area contributed by atoms with E-state index in [1.165, 1.54) is 5.56 Å². The van der Waals surface area contributed by atoms with Crippen molar-refractivity contribution >= 4 is 12.2 Å². The molecule has 0 saturated carbocycles. The summed E-state index contributed by atoms with van der Waals surface area (Å²) in [6.45, 7) is 4.93. The summed E-state index contributed by atoms with van der Waals surface area (Å²) < 4.78 is 9.29. The molecule has 162 valence electrons. The highest BCUT2D eigenvalue weighted by atomic mass is 16.5. The third-order valence-electron chi connectivity index (χ3n) is 5.86. The van der Waals surface area contributed by atoms with Gasteiger partial charge in [-0.1, -0.05) is 12.1 Å². The zero-order chi connectivity index (χ0) is 22.1. The van der Waals surface area contributed by atoms with E-state index in [4.69, 9.17) is 14.8 Å². The van der Waals surface area contributed by atoms with Crippen LogP contribution in [-0.4, -0.2) is 36.4 Å². The first-order chi connectivity index (χ1) is 15.6. The van der Waals surface area contributed by atoms with E-state index in [0.717, 1.165) is 59.4 Å². The number of rotatable bonds is 5. The molecule has 0 spiro atoms. The van der Waals surface area contributed by atoms with Crippen molar-refractivity contribution in [2.45, 2.75) is 39.2 Å². The summed E-state index contributed by atoms with van der Waals surface area (Å²) in [5.41, 5.74) is 4.32. The molecular weight excluding hydrogens is 400 g/mol. The summed E-state index contributed by atoms with van der Waals surface area (Å²) in [6, 6.07) is 10.4. The Morgan fingerprint density at radius 3 is 2.66 bits per heavy atom. The second-order valence-corrected chi connectivity index (χ2v) is 8.18. The number of hydrogen-bond donors (Lipinski definition) is 0. The first-order valence-corrected chi connectivity index (χ1v) is 10.8. The maximum absolute atomic E-state index is 5.29. The quantitative estimate of drug-likeness (QED) is 0.467. The molecule has 0 unspecified atom stereocenters. The van der Waals surface area contributed by atoms with Gasteiger partial charge in [0.15, 0.2) is 5.82 Å². The number of aromatic nitrogens is 6. The molecular formula is C25H26N6O. The topological polar surface area (TPSA) is 70.7 Å². The average Bonchev–Trinajstić information content (AvgIpc) is 3.43. The van der Waals surface area contributed by atoms with E-state index in [1.807, 2.05) is 52.9 Å². The lowest BCUT2D eigenvalue weighted by Gasteiger charge is -2.22. The number of benzene rings is 1. The van der Waals surface area contributed by atoms with Gasteiger partial charge in [0.2, 0.25) is 0 Å². The zero-order valence-electron chi connectivity index (χ0n) is 18.6. The van der Waals surface area contributed by atoms with Crippen LogP contribution in [0.15, 0.2) is 49.1 Å². The maximum Gasteiger partial charge on any atom is 0.174 e. The van der Waals surface area contributed by atoms with Crippen LogP contribution in [0.1, 0.15) is 52.8 Å². The van der Waals surface area contributed by atoms with Crippen LogP contribution >= 0.6 is 0 Å². The van der Waals surface area contributed by atoms with Crippen molar-refractivity contribution in [3.63, 3.8) is 0 Å². The highest BCUT2D eigenvalue weighted by Crippen LogP contribution is 2.33. The van der Waals surface area contributed by atoms with E-state index >= 15 is 0 Å². The van der Waals surface area contributed by atoms with Gasteiger partial charge >= 0.3 is 0 Å². The highest BCUT2D eigenvalue weighted by molar-refractivity contribution is 5.67. The van der Waals surface area contributed by atoms with Crippen molar-refractivity contribution < 1.29 is 4.74 Å². The Kier molecular flexibility index (Phi) is 5.31. The smallest absolute Gasteiger partial charge is 0.174 e. The van der Waals surface area contributed by atoms with E-state index in [1.54, 1.807) is 13.4 Å². The lowest BCUT2D eigenvalue weighted by molar-refractivity contribution is 0.413. The Bertz CT molecular complexity index is 1270. The number of hydrogen-bond acceptors (Lipinski definition) is 5. The Balaban J connectivity index is 1.37. The Morgan fingerprint density at radius 2 is 1.94 bits per heavy atom. The maximum atomic E-state index is 5.29. The lowest BCUT2D eigenvalue weighted by atomic mass is 9.91. The van der Waals surface area contributed by atoms with Crippen molar-refractivity contribution in [1.82, 2.24) is 29.3 Å². The second kappa shape index (κ2) is 8.42. The van der Waals surface area contributed by atoms with Gasteiger partial charge < -0.3 is 4.74 Å². The minimum absolute atomic E-state index is 0.256. The van der Waals surface area contributed by atoms with E-state index in [0.29, 0.717) is 0 Å². The Morgan fingerprint density at radius 1 is 1.09 bits per heavy atom. The van der Waals surface area contributed by atoms with Gasteiger partial charge in [0.25, 0.3) is 0 Å². The molecule has 0 amide bonds. The van der Waals surface area contributed by atoms with Crippen LogP contribution in [-0.2, 0) is 6.54 Å². The van der Waals surface area contributed by atoms with Gasteiger partial charge in [-0.15, -0.1) is 0 Å². The first kappa shape index (κ1) is 20.2. The molecule has 0 fully saturated rings. The van der Waals surface area contributed by atoms with Crippen LogP contribution in [0.4, 0.5) is 0 Å². The van der Waals surface area contributed by atoms with Crippen LogP contribution in [0.5, 0.6) is 5.75 Å². The molecule has 1 aromatic carbocycles. The van der Waals surface area contributed by atoms with Crippen LogP contribution in [0, 0.1) is 13.8 Å². The van der Waals surface area contributed by atoms with E-state index in [-0.39, 0.29) is 5.92 Å². The van der Waals surface area contributed by atoms with Crippen LogP contribution in [0.25, 0.3) is 18.0 Å². The summed E-state index contributed by atoms with van der Waals surface area (Å²) in [4.78, 5) is 13.8. The monoisotopic (exact) mass is 426 g/mol. The average molecular weight is 427 g/mol. The first-order valence-electron chi connectivity index (χ1n) is 10.8. The standard InChI is InChI=1S/C25H26N6O/c1-17-13-19(14-26-24(17)30-15-18(2)27-16-30)6-11-23-28-25-22(5-4-12-31(25)29-23)20-7-9-21(32-3)10-8-20/h6-11,13-16,22H,4-5,12H2,1-3H3/b11-6+/t22-/m0/s1. The molecule has 5 rings (SSSR count). The number of methoxy groups -OCH3 is 1. The minimum Gasteiger partial charge on any atom is -0.497 e. The van der Waals surface area contributed by atoms with Gasteiger partial charge in [-0.3, -0.25) is 4.57 Å². The summed E-state index contributed by atoms with van der Waals surface area (Å²) >= 11 is 0. The molecule has 7 heteroatoms. The van der Waals surface area contributed by atoms with Crippen molar-refractivity contribution in [2.24, 2.45) is 0 Å². The van der Waals surface area contributed by atoms with E-state index < -0.39 is 0 Å². The van der Waals surface area contributed by atoms with Crippen LogP contribution in [0.3, 0.4) is 0 Å².